The molecule has 138 valence electrons. The summed E-state index contributed by atoms with van der Waals surface area (Å²) in [5, 5.41) is 29.7. The number of phenolic OH excluding ortho intramolecular Hbond substituents is 1. The minimum atomic E-state index is -0.673. The molecule has 0 radical (unpaired) electrons. The van der Waals surface area contributed by atoms with Crippen molar-refractivity contribution in [3.8, 4) is 17.2 Å². The van der Waals surface area contributed by atoms with Crippen LogP contribution in [0.1, 0.15) is 48.9 Å². The third-order valence-corrected chi connectivity index (χ3v) is 3.93. The molecule has 2 rings (SSSR count). The average molecular weight is 352 g/mol. The van der Waals surface area contributed by atoms with Crippen LogP contribution < -0.4 is 9.47 Å². The molecule has 7 nitrogen and oxygen atoms in total. The molecule has 7 heteroatoms. The summed E-state index contributed by atoms with van der Waals surface area (Å²) in [6.45, 7) is 0.415. The van der Waals surface area contributed by atoms with Crippen LogP contribution in [0.5, 0.6) is 17.2 Å². The summed E-state index contributed by atoms with van der Waals surface area (Å²) in [7, 11) is 1.45. The molecule has 0 aliphatic carbocycles. The Morgan fingerprint density at radius 1 is 0.920 bits per heavy atom. The van der Waals surface area contributed by atoms with Crippen LogP contribution in [0.4, 0.5) is 0 Å². The second kappa shape index (κ2) is 9.05. The van der Waals surface area contributed by atoms with E-state index in [9.17, 15) is 20.1 Å². The van der Waals surface area contributed by atoms with Gasteiger partial charge in [-0.1, -0.05) is 0 Å². The van der Waals surface area contributed by atoms with E-state index in [2.05, 4.69) is 0 Å². The molecular weight excluding hydrogens is 328 g/mol. The lowest BCUT2D eigenvalue weighted by molar-refractivity contribution is 0.0489. The van der Waals surface area contributed by atoms with Crippen molar-refractivity contribution in [1.29, 1.82) is 0 Å². The third kappa shape index (κ3) is 5.20. The molecule has 3 N–H and O–H groups in total. The Balaban J connectivity index is 2.20. The Morgan fingerprint density at radius 2 is 1.52 bits per heavy atom. The van der Waals surface area contributed by atoms with Crippen molar-refractivity contribution >= 4 is 5.97 Å². The van der Waals surface area contributed by atoms with Crippen LogP contribution in [0.15, 0.2) is 23.7 Å². The zero-order valence-electron chi connectivity index (χ0n) is 14.3. The molecular formula is C18H24O7. The number of hydrogen-bond donors (Lipinski definition) is 3. The molecule has 1 aromatic carbocycles. The van der Waals surface area contributed by atoms with Gasteiger partial charge in [0, 0.05) is 25.0 Å². The van der Waals surface area contributed by atoms with Crippen LogP contribution in [0.3, 0.4) is 0 Å². The summed E-state index contributed by atoms with van der Waals surface area (Å²) >= 11 is 0. The number of aliphatic hydroxyl groups excluding tert-OH is 2. The number of allylic oxidation sites excluding steroid dienone is 2. The number of carbonyl (C=O) groups excluding carboxylic acids is 1. The number of ether oxygens (including phenoxy) is 3. The van der Waals surface area contributed by atoms with E-state index >= 15 is 0 Å². The fourth-order valence-electron chi connectivity index (χ4n) is 2.51. The molecule has 0 fully saturated rings. The number of cyclic esters (lactones) is 1. The Bertz CT molecular complexity index is 637. The average Bonchev–Trinajstić information content (AvgIpc) is 2.59. The predicted octanol–water partition coefficient (Wildman–Crippen LogP) is 3.62. The first-order valence-electron chi connectivity index (χ1n) is 8.33. The molecule has 1 heterocycles. The highest BCUT2D eigenvalue weighted by atomic mass is 16.5. The van der Waals surface area contributed by atoms with Gasteiger partial charge in [-0.05, 0) is 25.7 Å². The second-order valence-corrected chi connectivity index (χ2v) is 5.81. The first kappa shape index (κ1) is 18.8. The maximum Gasteiger partial charge on any atom is 0.345 e. The van der Waals surface area contributed by atoms with Crippen LogP contribution in [0.2, 0.25) is 0 Å². The molecule has 0 spiro atoms. The van der Waals surface area contributed by atoms with Crippen molar-refractivity contribution < 1.29 is 34.3 Å². The predicted molar refractivity (Wildman–Crippen MR) is 90.4 cm³/mol. The molecule has 1 aliphatic heterocycles. The highest BCUT2D eigenvalue weighted by molar-refractivity contribution is 5.95. The normalized spacial score (nSPS) is 17.6. The van der Waals surface area contributed by atoms with Crippen molar-refractivity contribution in [1.82, 2.24) is 0 Å². The van der Waals surface area contributed by atoms with E-state index in [0.717, 1.165) is 0 Å². The van der Waals surface area contributed by atoms with Crippen molar-refractivity contribution in [2.75, 3.05) is 20.3 Å². The van der Waals surface area contributed by atoms with E-state index in [0.29, 0.717) is 44.3 Å². The highest BCUT2D eigenvalue weighted by Crippen LogP contribution is 2.34. The number of aromatic hydroxyl groups is 1. The largest absolute Gasteiger partial charge is 0.509 e. The van der Waals surface area contributed by atoms with Gasteiger partial charge >= 0.3 is 5.97 Å². The summed E-state index contributed by atoms with van der Waals surface area (Å²) in [6.07, 6.45) is 3.01. The lowest BCUT2D eigenvalue weighted by atomic mass is 10.1. The molecule has 1 aliphatic rings. The SMILES string of the molecule is COc1cc(O)c2c(c1)OCCCCC(O)=C(O)CCCCOC2=O. The van der Waals surface area contributed by atoms with Gasteiger partial charge < -0.3 is 29.5 Å². The first-order valence-corrected chi connectivity index (χ1v) is 8.33. The molecule has 25 heavy (non-hydrogen) atoms. The van der Waals surface area contributed by atoms with Gasteiger partial charge in [0.2, 0.25) is 0 Å². The Morgan fingerprint density at radius 3 is 2.12 bits per heavy atom. The zero-order valence-corrected chi connectivity index (χ0v) is 14.3. The number of aliphatic hydroxyl groups is 2. The van der Waals surface area contributed by atoms with Crippen molar-refractivity contribution in [3.63, 3.8) is 0 Å². The minimum absolute atomic E-state index is 0.00780. The maximum atomic E-state index is 12.3. The topological polar surface area (TPSA) is 105 Å². The van der Waals surface area contributed by atoms with E-state index in [1.807, 2.05) is 0 Å². The summed E-state index contributed by atoms with van der Waals surface area (Å²) in [6, 6.07) is 2.86. The third-order valence-electron chi connectivity index (χ3n) is 3.93. The van der Waals surface area contributed by atoms with Gasteiger partial charge in [-0.3, -0.25) is 0 Å². The van der Waals surface area contributed by atoms with Gasteiger partial charge in [0.05, 0.1) is 20.3 Å². The van der Waals surface area contributed by atoms with Crippen LogP contribution in [-0.4, -0.2) is 41.6 Å². The fraction of sp³-hybridized carbons (Fsp3) is 0.500. The van der Waals surface area contributed by atoms with Gasteiger partial charge in [0.25, 0.3) is 0 Å². The smallest absolute Gasteiger partial charge is 0.345 e. The van der Waals surface area contributed by atoms with Crippen LogP contribution in [-0.2, 0) is 4.74 Å². The zero-order chi connectivity index (χ0) is 18.2. The van der Waals surface area contributed by atoms with Crippen molar-refractivity contribution in [3.05, 3.63) is 29.2 Å². The summed E-state index contributed by atoms with van der Waals surface area (Å²) in [5.74, 6) is -0.403. The fourth-order valence-corrected chi connectivity index (χ4v) is 2.51. The van der Waals surface area contributed by atoms with E-state index in [4.69, 9.17) is 14.2 Å². The molecule has 0 saturated heterocycles. The van der Waals surface area contributed by atoms with Gasteiger partial charge in [-0.15, -0.1) is 0 Å². The van der Waals surface area contributed by atoms with Gasteiger partial charge in [0.15, 0.2) is 0 Å². The summed E-state index contributed by atoms with van der Waals surface area (Å²) in [4.78, 5) is 12.3. The number of benzene rings is 1. The number of esters is 1. The number of methoxy groups -OCH3 is 1. The number of hydrogen-bond acceptors (Lipinski definition) is 7. The summed E-state index contributed by atoms with van der Waals surface area (Å²) in [5.41, 5.74) is -0.0282. The van der Waals surface area contributed by atoms with E-state index < -0.39 is 5.97 Å². The highest BCUT2D eigenvalue weighted by Gasteiger charge is 2.21. The van der Waals surface area contributed by atoms with Gasteiger partial charge in [-0.25, -0.2) is 4.79 Å². The van der Waals surface area contributed by atoms with E-state index in [1.54, 1.807) is 0 Å². The van der Waals surface area contributed by atoms with Crippen molar-refractivity contribution in [2.24, 2.45) is 0 Å². The van der Waals surface area contributed by atoms with Crippen LogP contribution in [0, 0.1) is 0 Å². The molecule has 0 saturated carbocycles. The van der Waals surface area contributed by atoms with Crippen LogP contribution in [0.25, 0.3) is 0 Å². The van der Waals surface area contributed by atoms with Crippen LogP contribution >= 0.6 is 0 Å². The monoisotopic (exact) mass is 352 g/mol. The van der Waals surface area contributed by atoms with E-state index in [-0.39, 0.29) is 41.8 Å². The Labute approximate surface area is 146 Å². The maximum absolute atomic E-state index is 12.3. The molecule has 0 unspecified atom stereocenters. The first-order chi connectivity index (χ1) is 12.0. The number of rotatable bonds is 1. The van der Waals surface area contributed by atoms with E-state index in [1.165, 1.54) is 19.2 Å². The lowest BCUT2D eigenvalue weighted by Gasteiger charge is -2.14. The molecule has 0 aromatic heterocycles. The number of fused-ring (bicyclic) bond motifs is 1. The Hall–Kier alpha value is -2.57. The molecule has 0 bridgehead atoms. The van der Waals surface area contributed by atoms with Gasteiger partial charge in [-0.2, -0.15) is 0 Å². The Kier molecular flexibility index (Phi) is 6.80. The number of carbonyl (C=O) groups is 1. The molecule has 0 amide bonds. The lowest BCUT2D eigenvalue weighted by Crippen LogP contribution is -2.10. The van der Waals surface area contributed by atoms with Gasteiger partial charge in [0.1, 0.15) is 34.3 Å². The molecule has 1 aromatic rings. The minimum Gasteiger partial charge on any atom is -0.509 e. The summed E-state index contributed by atoms with van der Waals surface area (Å²) < 4.78 is 15.9. The standard InChI is InChI=1S/C18H24O7/c1-23-12-10-15(21)17-16(11-12)24-8-4-2-6-13(19)14(20)7-3-5-9-25-18(17)22/h10-11,19-21H,2-9H2,1H3. The quantitative estimate of drug-likeness (QED) is 0.663. The second-order valence-electron chi connectivity index (χ2n) is 5.81. The number of phenols is 1. The molecule has 0 atom stereocenters. The van der Waals surface area contributed by atoms with Crippen molar-refractivity contribution in [2.45, 2.75) is 38.5 Å².